The molecule has 0 aliphatic carbocycles. The normalized spacial score (nSPS) is 17.7. The lowest BCUT2D eigenvalue weighted by atomic mass is 9.95. The van der Waals surface area contributed by atoms with Crippen molar-refractivity contribution in [3.05, 3.63) is 51.2 Å². The van der Waals surface area contributed by atoms with Crippen molar-refractivity contribution in [1.82, 2.24) is 10.2 Å². The van der Waals surface area contributed by atoms with Crippen LogP contribution in [-0.4, -0.2) is 27.1 Å². The number of imide groups is 1. The predicted octanol–water partition coefficient (Wildman–Crippen LogP) is 2.14. The molecule has 0 fully saturated rings. The van der Waals surface area contributed by atoms with Crippen LogP contribution in [-0.2, 0) is 0 Å². The zero-order chi connectivity index (χ0) is 16.4. The Labute approximate surface area is 124 Å². The van der Waals surface area contributed by atoms with Crippen molar-refractivity contribution >= 4 is 17.8 Å². The standard InChI is InChI=1S/C13H10N4O5/c1-7-10(6-14)11(16(13(19)20)12(18)15-7)8-3-2-4-9(5-8)17(21)22/h2-5,11H,1H3,(H,15,18)(H,19,20). The molecule has 1 aliphatic heterocycles. The molecule has 9 nitrogen and oxygen atoms in total. The fraction of sp³-hybridized carbons (Fsp3) is 0.154. The third kappa shape index (κ3) is 2.45. The van der Waals surface area contributed by atoms with Gasteiger partial charge in [0.05, 0.1) is 16.6 Å². The highest BCUT2D eigenvalue weighted by molar-refractivity contribution is 5.93. The number of carbonyl (C=O) groups is 2. The van der Waals surface area contributed by atoms with Crippen molar-refractivity contribution in [2.45, 2.75) is 13.0 Å². The molecule has 1 unspecified atom stereocenters. The Balaban J connectivity index is 2.65. The SMILES string of the molecule is CC1=C(C#N)C(c2cccc([N+](=O)[O-])c2)N(C(=O)O)C(=O)N1. The Morgan fingerprint density at radius 3 is 2.77 bits per heavy atom. The number of allylic oxidation sites excluding steroid dienone is 1. The number of hydrogen-bond acceptors (Lipinski definition) is 5. The molecule has 0 saturated carbocycles. The van der Waals surface area contributed by atoms with Gasteiger partial charge in [0.25, 0.3) is 5.69 Å². The molecular weight excluding hydrogens is 292 g/mol. The van der Waals surface area contributed by atoms with E-state index >= 15 is 0 Å². The van der Waals surface area contributed by atoms with Gasteiger partial charge in [-0.25, -0.2) is 14.5 Å². The van der Waals surface area contributed by atoms with Gasteiger partial charge in [0.2, 0.25) is 0 Å². The number of nitriles is 1. The molecule has 112 valence electrons. The van der Waals surface area contributed by atoms with Crippen LogP contribution >= 0.6 is 0 Å². The van der Waals surface area contributed by atoms with E-state index in [0.29, 0.717) is 4.90 Å². The minimum absolute atomic E-state index is 0.00231. The van der Waals surface area contributed by atoms with E-state index in [0.717, 1.165) is 6.07 Å². The van der Waals surface area contributed by atoms with Crippen LogP contribution in [0.2, 0.25) is 0 Å². The highest BCUT2D eigenvalue weighted by Gasteiger charge is 2.39. The molecule has 0 saturated heterocycles. The predicted molar refractivity (Wildman–Crippen MR) is 72.5 cm³/mol. The fourth-order valence-electron chi connectivity index (χ4n) is 2.21. The first-order chi connectivity index (χ1) is 10.4. The van der Waals surface area contributed by atoms with Crippen LogP contribution in [0.15, 0.2) is 35.5 Å². The molecule has 1 aromatic rings. The smallest absolute Gasteiger partial charge is 0.416 e. The van der Waals surface area contributed by atoms with E-state index in [1.54, 1.807) is 0 Å². The molecule has 2 N–H and O–H groups in total. The Kier molecular flexibility index (Phi) is 3.77. The van der Waals surface area contributed by atoms with Crippen LogP contribution in [0.1, 0.15) is 18.5 Å². The number of rotatable bonds is 2. The number of non-ortho nitro benzene ring substituents is 1. The topological polar surface area (TPSA) is 137 Å². The second-order valence-corrected chi connectivity index (χ2v) is 4.49. The van der Waals surface area contributed by atoms with E-state index in [1.807, 2.05) is 6.07 Å². The molecular formula is C13H10N4O5. The fourth-order valence-corrected chi connectivity index (χ4v) is 2.21. The number of nitrogens with zero attached hydrogens (tertiary/aromatic N) is 3. The maximum absolute atomic E-state index is 11.9. The molecule has 0 radical (unpaired) electrons. The van der Waals surface area contributed by atoms with Crippen molar-refractivity contribution in [2.24, 2.45) is 0 Å². The van der Waals surface area contributed by atoms with Crippen molar-refractivity contribution in [2.75, 3.05) is 0 Å². The number of urea groups is 1. The average molecular weight is 302 g/mol. The Hall–Kier alpha value is -3.41. The van der Waals surface area contributed by atoms with Crippen molar-refractivity contribution < 1.29 is 19.6 Å². The van der Waals surface area contributed by atoms with Gasteiger partial charge in [-0.1, -0.05) is 12.1 Å². The first kappa shape index (κ1) is 15.0. The van der Waals surface area contributed by atoms with E-state index in [2.05, 4.69) is 5.32 Å². The molecule has 1 aliphatic rings. The Bertz CT molecular complexity index is 749. The number of amides is 3. The summed E-state index contributed by atoms with van der Waals surface area (Å²) in [6.07, 6.45) is -1.56. The highest BCUT2D eigenvalue weighted by atomic mass is 16.6. The average Bonchev–Trinajstić information content (AvgIpc) is 2.46. The molecule has 0 spiro atoms. The van der Waals surface area contributed by atoms with Gasteiger partial charge in [-0.3, -0.25) is 10.1 Å². The summed E-state index contributed by atoms with van der Waals surface area (Å²) < 4.78 is 0. The van der Waals surface area contributed by atoms with Crippen LogP contribution in [0, 0.1) is 21.4 Å². The van der Waals surface area contributed by atoms with Gasteiger partial charge < -0.3 is 10.4 Å². The van der Waals surface area contributed by atoms with Gasteiger partial charge >= 0.3 is 12.1 Å². The summed E-state index contributed by atoms with van der Waals surface area (Å²) in [6, 6.07) is 4.88. The van der Waals surface area contributed by atoms with Gasteiger partial charge in [-0.05, 0) is 12.5 Å². The summed E-state index contributed by atoms with van der Waals surface area (Å²) in [7, 11) is 0. The van der Waals surface area contributed by atoms with Crippen molar-refractivity contribution in [3.8, 4) is 6.07 Å². The molecule has 1 aromatic carbocycles. The van der Waals surface area contributed by atoms with Crippen LogP contribution in [0.25, 0.3) is 0 Å². The molecule has 0 aromatic heterocycles. The van der Waals surface area contributed by atoms with E-state index in [-0.39, 0.29) is 22.5 Å². The van der Waals surface area contributed by atoms with Gasteiger partial charge in [-0.15, -0.1) is 0 Å². The number of carbonyl (C=O) groups excluding carboxylic acids is 1. The highest BCUT2D eigenvalue weighted by Crippen LogP contribution is 2.34. The summed E-state index contributed by atoms with van der Waals surface area (Å²) in [5.74, 6) is 0. The van der Waals surface area contributed by atoms with Gasteiger partial charge in [-0.2, -0.15) is 5.26 Å². The van der Waals surface area contributed by atoms with Gasteiger partial charge in [0.1, 0.15) is 6.04 Å². The van der Waals surface area contributed by atoms with Crippen LogP contribution in [0.4, 0.5) is 15.3 Å². The molecule has 3 amide bonds. The third-order valence-electron chi connectivity index (χ3n) is 3.17. The lowest BCUT2D eigenvalue weighted by Gasteiger charge is -2.32. The maximum Gasteiger partial charge on any atom is 0.416 e. The summed E-state index contributed by atoms with van der Waals surface area (Å²) in [5, 5.41) is 31.6. The van der Waals surface area contributed by atoms with Gasteiger partial charge in [0, 0.05) is 17.8 Å². The van der Waals surface area contributed by atoms with E-state index in [4.69, 9.17) is 0 Å². The minimum Gasteiger partial charge on any atom is -0.465 e. The lowest BCUT2D eigenvalue weighted by molar-refractivity contribution is -0.384. The molecule has 9 heteroatoms. The molecule has 1 atom stereocenters. The minimum atomic E-state index is -1.56. The van der Waals surface area contributed by atoms with E-state index < -0.39 is 23.1 Å². The molecule has 22 heavy (non-hydrogen) atoms. The Morgan fingerprint density at radius 2 is 2.23 bits per heavy atom. The second-order valence-electron chi connectivity index (χ2n) is 4.49. The van der Waals surface area contributed by atoms with Crippen LogP contribution in [0.5, 0.6) is 0 Å². The van der Waals surface area contributed by atoms with Crippen LogP contribution < -0.4 is 5.32 Å². The summed E-state index contributed by atoms with van der Waals surface area (Å²) in [4.78, 5) is 33.8. The summed E-state index contributed by atoms with van der Waals surface area (Å²) in [5.41, 5.74) is 0.120. The van der Waals surface area contributed by atoms with E-state index in [1.165, 1.54) is 25.1 Å². The molecule has 2 rings (SSSR count). The lowest BCUT2D eigenvalue weighted by Crippen LogP contribution is -2.49. The first-order valence-corrected chi connectivity index (χ1v) is 6.05. The number of nitro groups is 1. The molecule has 1 heterocycles. The monoisotopic (exact) mass is 302 g/mol. The Morgan fingerprint density at radius 1 is 1.55 bits per heavy atom. The van der Waals surface area contributed by atoms with E-state index in [9.17, 15) is 30.1 Å². The number of nitrogens with one attached hydrogen (secondary N) is 1. The number of nitro benzene ring substituents is 1. The van der Waals surface area contributed by atoms with Crippen molar-refractivity contribution in [1.29, 1.82) is 5.26 Å². The maximum atomic E-state index is 11.9. The number of benzene rings is 1. The largest absolute Gasteiger partial charge is 0.465 e. The van der Waals surface area contributed by atoms with Gasteiger partial charge in [0.15, 0.2) is 0 Å². The zero-order valence-electron chi connectivity index (χ0n) is 11.3. The first-order valence-electron chi connectivity index (χ1n) is 6.05. The third-order valence-corrected chi connectivity index (χ3v) is 3.17. The zero-order valence-corrected chi connectivity index (χ0v) is 11.3. The summed E-state index contributed by atoms with van der Waals surface area (Å²) >= 11 is 0. The quantitative estimate of drug-likeness (QED) is 0.634. The number of hydrogen-bond donors (Lipinski definition) is 2. The van der Waals surface area contributed by atoms with Crippen LogP contribution in [0.3, 0.4) is 0 Å². The molecule has 0 bridgehead atoms. The second kappa shape index (κ2) is 5.53. The summed E-state index contributed by atoms with van der Waals surface area (Å²) in [6.45, 7) is 1.46. The number of carboxylic acid groups (broad SMARTS) is 1. The van der Waals surface area contributed by atoms with Crippen molar-refractivity contribution in [3.63, 3.8) is 0 Å².